The summed E-state index contributed by atoms with van der Waals surface area (Å²) >= 11 is 0. The van der Waals surface area contributed by atoms with Gasteiger partial charge in [-0.25, -0.2) is 9.97 Å². The molecule has 1 amide bonds. The van der Waals surface area contributed by atoms with Crippen LogP contribution in [0.1, 0.15) is 16.1 Å². The Balaban J connectivity index is 1.39. The third-order valence-corrected chi connectivity index (χ3v) is 5.23. The molecule has 0 radical (unpaired) electrons. The van der Waals surface area contributed by atoms with Crippen LogP contribution < -0.4 is 16.4 Å². The number of benzene rings is 2. The molecule has 0 aliphatic carbocycles. The number of H-pyrrole nitrogens is 1. The van der Waals surface area contributed by atoms with E-state index in [2.05, 4.69) is 30.6 Å². The zero-order chi connectivity index (χ0) is 23.5. The molecule has 0 aliphatic heterocycles. The first-order valence-corrected chi connectivity index (χ1v) is 10.4. The molecule has 0 atom stereocenters. The zero-order valence-electron chi connectivity index (χ0n) is 17.9. The Hall–Kier alpha value is -5.05. The second kappa shape index (κ2) is 8.83. The number of anilines is 4. The highest BCUT2D eigenvalue weighted by molar-refractivity contribution is 6.06. The Morgan fingerprint density at radius 1 is 0.971 bits per heavy atom. The van der Waals surface area contributed by atoms with Crippen molar-refractivity contribution in [3.8, 4) is 11.4 Å². The van der Waals surface area contributed by atoms with Gasteiger partial charge in [-0.2, -0.15) is 0 Å². The van der Waals surface area contributed by atoms with Crippen molar-refractivity contribution in [2.75, 3.05) is 16.4 Å². The number of hydrogen-bond donors (Lipinski definition) is 5. The van der Waals surface area contributed by atoms with Gasteiger partial charge >= 0.3 is 0 Å². The highest BCUT2D eigenvalue weighted by atomic mass is 16.1. The molecule has 3 heterocycles. The summed E-state index contributed by atoms with van der Waals surface area (Å²) in [5, 5.41) is 14.4. The summed E-state index contributed by atoms with van der Waals surface area (Å²) < 4.78 is 0. The number of carbonyl (C=O) groups excluding carboxylic acids is 1. The summed E-state index contributed by atoms with van der Waals surface area (Å²) in [4.78, 5) is 28.7. The van der Waals surface area contributed by atoms with Crippen molar-refractivity contribution in [3.63, 3.8) is 0 Å². The quantitative estimate of drug-likeness (QED) is 0.190. The fraction of sp³-hybridized carbons (Fsp3) is 0. The summed E-state index contributed by atoms with van der Waals surface area (Å²) in [5.74, 6) is 0.904. The van der Waals surface area contributed by atoms with Crippen LogP contribution in [-0.4, -0.2) is 32.1 Å². The van der Waals surface area contributed by atoms with E-state index in [0.717, 1.165) is 22.2 Å². The zero-order valence-corrected chi connectivity index (χ0v) is 17.9. The Bertz CT molecular complexity index is 1510. The van der Waals surface area contributed by atoms with Gasteiger partial charge in [0.2, 0.25) is 0 Å². The molecule has 9 nitrogen and oxygen atoms in total. The number of fused-ring (bicyclic) bond motifs is 1. The molecule has 9 heteroatoms. The molecule has 0 unspecified atom stereocenters. The van der Waals surface area contributed by atoms with E-state index >= 15 is 0 Å². The minimum Gasteiger partial charge on any atom is -0.398 e. The Morgan fingerprint density at radius 3 is 2.65 bits per heavy atom. The first-order valence-electron chi connectivity index (χ1n) is 10.4. The van der Waals surface area contributed by atoms with Crippen molar-refractivity contribution in [2.45, 2.75) is 0 Å². The van der Waals surface area contributed by atoms with Gasteiger partial charge in [-0.05, 0) is 48.5 Å². The van der Waals surface area contributed by atoms with Gasteiger partial charge in [-0.3, -0.25) is 9.78 Å². The lowest BCUT2D eigenvalue weighted by Crippen LogP contribution is -2.12. The maximum Gasteiger partial charge on any atom is 0.272 e. The minimum absolute atomic E-state index is 0.237. The number of hydrogen-bond acceptors (Lipinski definition) is 7. The lowest BCUT2D eigenvalue weighted by Gasteiger charge is -2.09. The maximum atomic E-state index is 12.6. The topological polar surface area (TPSA) is 145 Å². The van der Waals surface area contributed by atoms with Crippen LogP contribution >= 0.6 is 0 Å². The molecule has 0 bridgehead atoms. The Kier molecular flexibility index (Phi) is 5.41. The number of nitrogens with one attached hydrogen (secondary N) is 4. The number of nitrogens with two attached hydrogens (primary N) is 1. The molecule has 166 valence electrons. The van der Waals surface area contributed by atoms with Gasteiger partial charge in [0, 0.05) is 63.9 Å². The summed E-state index contributed by atoms with van der Waals surface area (Å²) in [7, 11) is 0. The summed E-state index contributed by atoms with van der Waals surface area (Å²) in [6.07, 6.45) is 6.13. The molecule has 0 saturated carbocycles. The smallest absolute Gasteiger partial charge is 0.272 e. The monoisotopic (exact) mass is 448 g/mol. The van der Waals surface area contributed by atoms with Crippen molar-refractivity contribution in [3.05, 3.63) is 90.5 Å². The van der Waals surface area contributed by atoms with Crippen molar-refractivity contribution in [1.82, 2.24) is 19.9 Å². The van der Waals surface area contributed by atoms with Crippen LogP contribution in [0.2, 0.25) is 0 Å². The number of nitrogens with zero attached hydrogens (tertiary/aromatic N) is 3. The van der Waals surface area contributed by atoms with E-state index in [-0.39, 0.29) is 5.91 Å². The Morgan fingerprint density at radius 2 is 1.82 bits per heavy atom. The number of nitrogen functional groups attached to an aromatic ring is 1. The van der Waals surface area contributed by atoms with E-state index < -0.39 is 0 Å². The maximum absolute atomic E-state index is 12.6. The van der Waals surface area contributed by atoms with E-state index in [4.69, 9.17) is 11.1 Å². The van der Waals surface area contributed by atoms with Crippen LogP contribution in [0.4, 0.5) is 22.9 Å². The molecule has 2 aromatic carbocycles. The van der Waals surface area contributed by atoms with Gasteiger partial charge in [0.1, 0.15) is 11.5 Å². The van der Waals surface area contributed by atoms with E-state index in [1.807, 2.05) is 24.3 Å². The van der Waals surface area contributed by atoms with Crippen molar-refractivity contribution in [1.29, 1.82) is 5.41 Å². The second-order valence-corrected chi connectivity index (χ2v) is 7.55. The highest BCUT2D eigenvalue weighted by Gasteiger charge is 2.12. The number of aromatic amines is 1. The number of pyridine rings is 1. The molecule has 3 aromatic heterocycles. The van der Waals surface area contributed by atoms with Crippen LogP contribution in [0.5, 0.6) is 0 Å². The average Bonchev–Trinajstić information content (AvgIpc) is 3.30. The lowest BCUT2D eigenvalue weighted by molar-refractivity contribution is 0.102. The van der Waals surface area contributed by atoms with Gasteiger partial charge in [0.25, 0.3) is 5.91 Å². The van der Waals surface area contributed by atoms with Crippen LogP contribution in [0.15, 0.2) is 79.3 Å². The van der Waals surface area contributed by atoms with Crippen molar-refractivity contribution in [2.24, 2.45) is 0 Å². The predicted molar refractivity (Wildman–Crippen MR) is 134 cm³/mol. The second-order valence-electron chi connectivity index (χ2n) is 7.55. The average molecular weight is 448 g/mol. The molecule has 34 heavy (non-hydrogen) atoms. The summed E-state index contributed by atoms with van der Waals surface area (Å²) in [6, 6.07) is 18.1. The van der Waals surface area contributed by atoms with Gasteiger partial charge < -0.3 is 26.8 Å². The molecule has 5 rings (SSSR count). The minimum atomic E-state index is -0.237. The van der Waals surface area contributed by atoms with Crippen LogP contribution in [0, 0.1) is 5.41 Å². The van der Waals surface area contributed by atoms with E-state index in [0.29, 0.717) is 34.3 Å². The number of amides is 1. The van der Waals surface area contributed by atoms with Crippen LogP contribution in [-0.2, 0) is 0 Å². The molecule has 0 saturated heterocycles. The van der Waals surface area contributed by atoms with E-state index in [1.54, 1.807) is 55.0 Å². The SMILES string of the molecule is N=Cc1cc(Nc2ccnc(-c3ccc4cc(C(=O)Nc5ccncc5)[nH]c4c3)n2)ccc1N. The first kappa shape index (κ1) is 20.8. The molecule has 0 aliphatic rings. The third kappa shape index (κ3) is 4.30. The predicted octanol–water partition coefficient (Wildman–Crippen LogP) is 4.60. The first-order chi connectivity index (χ1) is 16.6. The van der Waals surface area contributed by atoms with Crippen molar-refractivity contribution < 1.29 is 4.79 Å². The number of aromatic nitrogens is 4. The molecule has 0 spiro atoms. The molecule has 0 fully saturated rings. The summed E-state index contributed by atoms with van der Waals surface area (Å²) in [6.45, 7) is 0. The molecular weight excluding hydrogens is 428 g/mol. The Labute approximate surface area is 194 Å². The normalized spacial score (nSPS) is 10.7. The van der Waals surface area contributed by atoms with Crippen LogP contribution in [0.3, 0.4) is 0 Å². The van der Waals surface area contributed by atoms with E-state index in [9.17, 15) is 4.79 Å². The molecule has 6 N–H and O–H groups in total. The fourth-order valence-corrected chi connectivity index (χ4v) is 3.51. The van der Waals surface area contributed by atoms with Crippen molar-refractivity contribution >= 4 is 45.9 Å². The highest BCUT2D eigenvalue weighted by Crippen LogP contribution is 2.25. The standard InChI is InChI=1S/C25H20N8O/c26-14-17-11-19(3-4-20(17)27)30-23-7-10-29-24(33-23)16-2-1-15-12-22(32-21(15)13-16)25(34)31-18-5-8-28-9-6-18/h1-14,26,32H,27H2,(H,28,31,34)(H,29,30,33). The van der Waals surface area contributed by atoms with Gasteiger partial charge in [0.15, 0.2) is 5.82 Å². The molecule has 5 aromatic rings. The molecular formula is C25H20N8O. The van der Waals surface area contributed by atoms with Gasteiger partial charge in [-0.15, -0.1) is 0 Å². The third-order valence-electron chi connectivity index (χ3n) is 5.23. The summed E-state index contributed by atoms with van der Waals surface area (Å²) in [5.41, 5.74) is 10.5. The fourth-order valence-electron chi connectivity index (χ4n) is 3.51. The van der Waals surface area contributed by atoms with Gasteiger partial charge in [-0.1, -0.05) is 12.1 Å². The number of rotatable bonds is 6. The van der Waals surface area contributed by atoms with Gasteiger partial charge in [0.05, 0.1) is 0 Å². The number of carbonyl (C=O) groups is 1. The van der Waals surface area contributed by atoms with Crippen LogP contribution in [0.25, 0.3) is 22.3 Å². The lowest BCUT2D eigenvalue weighted by atomic mass is 10.1. The largest absolute Gasteiger partial charge is 0.398 e. The van der Waals surface area contributed by atoms with E-state index in [1.165, 1.54) is 6.21 Å².